The Morgan fingerprint density at radius 2 is 2.20 bits per heavy atom. The number of rotatable bonds is 2. The molecule has 3 rings (SSSR count). The van der Waals surface area contributed by atoms with Gasteiger partial charge in [-0.2, -0.15) is 0 Å². The van der Waals surface area contributed by atoms with Crippen molar-refractivity contribution in [1.82, 2.24) is 4.98 Å². The van der Waals surface area contributed by atoms with Gasteiger partial charge in [0.2, 0.25) is 0 Å². The lowest BCUT2D eigenvalue weighted by molar-refractivity contribution is 0.412. The number of thiazole rings is 1. The Labute approximate surface area is 92.9 Å². The maximum atomic E-state index is 5.32. The van der Waals surface area contributed by atoms with Gasteiger partial charge in [0.1, 0.15) is 5.75 Å². The van der Waals surface area contributed by atoms with Crippen LogP contribution in [-0.4, -0.2) is 12.1 Å². The summed E-state index contributed by atoms with van der Waals surface area (Å²) in [6.07, 6.45) is 2.63. The lowest BCUT2D eigenvalue weighted by Crippen LogP contribution is -1.85. The van der Waals surface area contributed by atoms with Gasteiger partial charge in [-0.3, -0.25) is 0 Å². The van der Waals surface area contributed by atoms with Crippen LogP contribution in [0.2, 0.25) is 0 Å². The largest absolute Gasteiger partial charge is 0.496 e. The molecule has 2 nitrogen and oxygen atoms in total. The van der Waals surface area contributed by atoms with E-state index in [4.69, 9.17) is 4.74 Å². The van der Waals surface area contributed by atoms with Crippen LogP contribution in [0.4, 0.5) is 0 Å². The molecule has 78 valence electrons. The first-order valence-electron chi connectivity index (χ1n) is 5.23. The summed E-state index contributed by atoms with van der Waals surface area (Å²) in [5.41, 5.74) is 2.29. The fourth-order valence-electron chi connectivity index (χ4n) is 1.80. The van der Waals surface area contributed by atoms with Crippen LogP contribution < -0.4 is 4.74 Å². The molecule has 0 radical (unpaired) electrons. The molecule has 0 bridgehead atoms. The number of fused-ring (bicyclic) bond motifs is 1. The summed E-state index contributed by atoms with van der Waals surface area (Å²) >= 11 is 1.81. The first kappa shape index (κ1) is 9.16. The zero-order valence-electron chi connectivity index (χ0n) is 8.91. The van der Waals surface area contributed by atoms with Gasteiger partial charge in [0.05, 0.1) is 22.3 Å². The van der Waals surface area contributed by atoms with Gasteiger partial charge in [-0.15, -0.1) is 11.3 Å². The molecular formula is C12H13NOS. The summed E-state index contributed by atoms with van der Waals surface area (Å²) in [5.74, 6) is 1.71. The summed E-state index contributed by atoms with van der Waals surface area (Å²) in [5, 5.41) is 1.30. The van der Waals surface area contributed by atoms with Crippen LogP contribution in [0.15, 0.2) is 12.1 Å². The molecule has 0 unspecified atom stereocenters. The fraction of sp³-hybridized carbons (Fsp3) is 0.417. The molecule has 0 saturated heterocycles. The second-order valence-corrected chi connectivity index (χ2v) is 5.18. The third kappa shape index (κ3) is 1.51. The van der Waals surface area contributed by atoms with Crippen LogP contribution in [0.25, 0.3) is 10.2 Å². The Morgan fingerprint density at radius 3 is 2.87 bits per heavy atom. The molecule has 15 heavy (non-hydrogen) atoms. The summed E-state index contributed by atoms with van der Waals surface area (Å²) < 4.78 is 6.57. The predicted octanol–water partition coefficient (Wildman–Crippen LogP) is 3.49. The third-order valence-electron chi connectivity index (χ3n) is 2.85. The van der Waals surface area contributed by atoms with E-state index in [-0.39, 0.29) is 0 Å². The first-order chi connectivity index (χ1) is 7.28. The second kappa shape index (κ2) is 3.20. The third-order valence-corrected chi connectivity index (χ3v) is 4.03. The van der Waals surface area contributed by atoms with E-state index in [1.54, 1.807) is 7.11 Å². The van der Waals surface area contributed by atoms with Gasteiger partial charge in [0.15, 0.2) is 0 Å². The van der Waals surface area contributed by atoms with Crippen molar-refractivity contribution in [1.29, 1.82) is 0 Å². The highest BCUT2D eigenvalue weighted by Gasteiger charge is 2.27. The molecule has 0 spiro atoms. The van der Waals surface area contributed by atoms with E-state index in [2.05, 4.69) is 24.0 Å². The quantitative estimate of drug-likeness (QED) is 0.771. The van der Waals surface area contributed by atoms with Crippen LogP contribution in [0.3, 0.4) is 0 Å². The van der Waals surface area contributed by atoms with Gasteiger partial charge in [-0.05, 0) is 37.5 Å². The van der Waals surface area contributed by atoms with E-state index in [9.17, 15) is 0 Å². The molecule has 1 aromatic carbocycles. The van der Waals surface area contributed by atoms with Crippen molar-refractivity contribution in [3.05, 3.63) is 22.7 Å². The van der Waals surface area contributed by atoms with E-state index in [1.165, 1.54) is 22.5 Å². The van der Waals surface area contributed by atoms with E-state index < -0.39 is 0 Å². The highest BCUT2D eigenvalue weighted by molar-refractivity contribution is 7.18. The Kier molecular flexibility index (Phi) is 1.96. The number of hydrogen-bond donors (Lipinski definition) is 0. The average Bonchev–Trinajstić information content (AvgIpc) is 2.99. The van der Waals surface area contributed by atoms with Crippen LogP contribution in [0, 0.1) is 6.92 Å². The van der Waals surface area contributed by atoms with Gasteiger partial charge in [0.25, 0.3) is 0 Å². The van der Waals surface area contributed by atoms with Gasteiger partial charge in [0, 0.05) is 5.92 Å². The molecule has 0 atom stereocenters. The molecule has 1 aromatic heterocycles. The summed E-state index contributed by atoms with van der Waals surface area (Å²) in [7, 11) is 1.72. The van der Waals surface area contributed by atoms with Crippen molar-refractivity contribution in [3.8, 4) is 5.75 Å². The zero-order chi connectivity index (χ0) is 10.4. The maximum absolute atomic E-state index is 5.32. The molecule has 1 heterocycles. The van der Waals surface area contributed by atoms with Crippen molar-refractivity contribution in [3.63, 3.8) is 0 Å². The number of hydrogen-bond acceptors (Lipinski definition) is 3. The predicted molar refractivity (Wildman–Crippen MR) is 62.9 cm³/mol. The standard InChI is InChI=1S/C12H13NOS/c1-7-5-9-11(6-10(7)14-2)15-12(13-9)8-3-4-8/h5-6,8H,3-4H2,1-2H3. The molecule has 0 amide bonds. The number of benzene rings is 1. The van der Waals surface area contributed by atoms with Crippen LogP contribution in [0.1, 0.15) is 29.3 Å². The van der Waals surface area contributed by atoms with Gasteiger partial charge < -0.3 is 4.74 Å². The zero-order valence-corrected chi connectivity index (χ0v) is 9.73. The number of aromatic nitrogens is 1. The molecule has 0 N–H and O–H groups in total. The monoisotopic (exact) mass is 219 g/mol. The average molecular weight is 219 g/mol. The summed E-state index contributed by atoms with van der Waals surface area (Å²) in [6, 6.07) is 4.23. The van der Waals surface area contributed by atoms with Gasteiger partial charge >= 0.3 is 0 Å². The maximum Gasteiger partial charge on any atom is 0.123 e. The van der Waals surface area contributed by atoms with E-state index in [0.717, 1.165) is 22.7 Å². The number of nitrogens with zero attached hydrogens (tertiary/aromatic N) is 1. The minimum Gasteiger partial charge on any atom is -0.496 e. The normalized spacial score (nSPS) is 15.9. The summed E-state index contributed by atoms with van der Waals surface area (Å²) in [6.45, 7) is 2.06. The Hall–Kier alpha value is -1.09. The lowest BCUT2D eigenvalue weighted by atomic mass is 10.2. The van der Waals surface area contributed by atoms with Crippen molar-refractivity contribution >= 4 is 21.6 Å². The van der Waals surface area contributed by atoms with Crippen molar-refractivity contribution in [2.45, 2.75) is 25.7 Å². The molecule has 0 aliphatic heterocycles. The topological polar surface area (TPSA) is 22.1 Å². The highest BCUT2D eigenvalue weighted by atomic mass is 32.1. The number of ether oxygens (including phenoxy) is 1. The Bertz CT molecular complexity index is 514. The fourth-order valence-corrected chi connectivity index (χ4v) is 2.95. The van der Waals surface area contributed by atoms with Crippen molar-refractivity contribution in [2.75, 3.05) is 7.11 Å². The number of methoxy groups -OCH3 is 1. The first-order valence-corrected chi connectivity index (χ1v) is 6.04. The molecule has 2 aromatic rings. The lowest BCUT2D eigenvalue weighted by Gasteiger charge is -2.02. The van der Waals surface area contributed by atoms with Gasteiger partial charge in [-0.1, -0.05) is 0 Å². The molecular weight excluding hydrogens is 206 g/mol. The van der Waals surface area contributed by atoms with E-state index >= 15 is 0 Å². The minimum atomic E-state index is 0.744. The highest BCUT2D eigenvalue weighted by Crippen LogP contribution is 2.43. The van der Waals surface area contributed by atoms with Crippen molar-refractivity contribution < 1.29 is 4.74 Å². The van der Waals surface area contributed by atoms with Crippen LogP contribution in [-0.2, 0) is 0 Å². The van der Waals surface area contributed by atoms with Crippen LogP contribution >= 0.6 is 11.3 Å². The summed E-state index contributed by atoms with van der Waals surface area (Å²) in [4.78, 5) is 4.67. The van der Waals surface area contributed by atoms with E-state index in [1.807, 2.05) is 11.3 Å². The molecule has 1 aliphatic carbocycles. The second-order valence-electron chi connectivity index (χ2n) is 4.12. The van der Waals surface area contributed by atoms with Gasteiger partial charge in [-0.25, -0.2) is 4.98 Å². The smallest absolute Gasteiger partial charge is 0.123 e. The molecule has 1 fully saturated rings. The Morgan fingerprint density at radius 1 is 1.40 bits per heavy atom. The van der Waals surface area contributed by atoms with Crippen LogP contribution in [0.5, 0.6) is 5.75 Å². The molecule has 3 heteroatoms. The SMILES string of the molecule is COc1cc2sc(C3CC3)nc2cc1C. The Balaban J connectivity index is 2.16. The minimum absolute atomic E-state index is 0.744. The van der Waals surface area contributed by atoms with E-state index in [0.29, 0.717) is 0 Å². The molecule has 1 saturated carbocycles. The molecule has 1 aliphatic rings. The van der Waals surface area contributed by atoms with Crippen molar-refractivity contribution in [2.24, 2.45) is 0 Å². The number of aryl methyl sites for hydroxylation is 1.